The van der Waals surface area contributed by atoms with E-state index >= 15 is 0 Å². The SMILES string of the molecule is CN(Cc1ccncc1)Cc1ccc(-c2nnn(Cc3ccc(-c4nnc(C(F)F)o4)cc3)n2)cc1. The molecule has 0 saturated heterocycles. The van der Waals surface area contributed by atoms with Crippen molar-refractivity contribution in [2.45, 2.75) is 26.1 Å². The van der Waals surface area contributed by atoms with Gasteiger partial charge < -0.3 is 4.42 Å². The number of aromatic nitrogens is 7. The highest BCUT2D eigenvalue weighted by Crippen LogP contribution is 2.23. The lowest BCUT2D eigenvalue weighted by Gasteiger charge is -2.16. The fraction of sp³-hybridized carbons (Fsp3) is 0.200. The van der Waals surface area contributed by atoms with Crippen LogP contribution in [0.1, 0.15) is 29.0 Å². The summed E-state index contributed by atoms with van der Waals surface area (Å²) >= 11 is 0. The van der Waals surface area contributed by atoms with Gasteiger partial charge in [0.25, 0.3) is 5.89 Å². The lowest BCUT2D eigenvalue weighted by molar-refractivity contribution is 0.116. The van der Waals surface area contributed by atoms with Crippen molar-refractivity contribution in [2.75, 3.05) is 7.05 Å². The highest BCUT2D eigenvalue weighted by molar-refractivity contribution is 5.54. The number of hydrogen-bond donors (Lipinski definition) is 0. The van der Waals surface area contributed by atoms with E-state index in [1.165, 1.54) is 15.9 Å². The second-order valence-electron chi connectivity index (χ2n) is 8.31. The van der Waals surface area contributed by atoms with E-state index in [4.69, 9.17) is 4.42 Å². The van der Waals surface area contributed by atoms with E-state index in [1.54, 1.807) is 24.5 Å². The quantitative estimate of drug-likeness (QED) is 0.301. The average Bonchev–Trinajstić information content (AvgIpc) is 3.56. The molecule has 0 aliphatic heterocycles. The van der Waals surface area contributed by atoms with Crippen LogP contribution in [0.3, 0.4) is 0 Å². The van der Waals surface area contributed by atoms with E-state index in [1.807, 2.05) is 36.4 Å². The molecule has 0 amide bonds. The van der Waals surface area contributed by atoms with Crippen molar-refractivity contribution in [3.63, 3.8) is 0 Å². The van der Waals surface area contributed by atoms with Gasteiger partial charge in [-0.15, -0.1) is 20.4 Å². The summed E-state index contributed by atoms with van der Waals surface area (Å²) in [5.41, 5.74) is 4.74. The van der Waals surface area contributed by atoms with Gasteiger partial charge in [0.2, 0.25) is 11.7 Å². The topological polar surface area (TPSA) is 98.7 Å². The van der Waals surface area contributed by atoms with Crippen molar-refractivity contribution in [3.05, 3.63) is 95.6 Å². The predicted molar refractivity (Wildman–Crippen MR) is 126 cm³/mol. The molecule has 36 heavy (non-hydrogen) atoms. The lowest BCUT2D eigenvalue weighted by Crippen LogP contribution is -2.17. The monoisotopic (exact) mass is 488 g/mol. The Balaban J connectivity index is 1.19. The number of pyridine rings is 1. The minimum absolute atomic E-state index is 0.0463. The number of halogens is 2. The van der Waals surface area contributed by atoms with Crippen LogP contribution in [-0.2, 0) is 19.6 Å². The highest BCUT2D eigenvalue weighted by atomic mass is 19.3. The summed E-state index contributed by atoms with van der Waals surface area (Å²) in [6.07, 6.45) is 0.806. The number of alkyl halides is 2. The van der Waals surface area contributed by atoms with Crippen LogP contribution >= 0.6 is 0 Å². The van der Waals surface area contributed by atoms with Gasteiger partial charge >= 0.3 is 6.43 Å². The molecule has 3 aromatic heterocycles. The first-order valence-corrected chi connectivity index (χ1v) is 11.2. The van der Waals surface area contributed by atoms with E-state index in [0.29, 0.717) is 17.9 Å². The first-order valence-electron chi connectivity index (χ1n) is 11.2. The first-order chi connectivity index (χ1) is 17.5. The van der Waals surface area contributed by atoms with E-state index < -0.39 is 12.3 Å². The molecule has 0 aliphatic carbocycles. The molecule has 0 fully saturated rings. The van der Waals surface area contributed by atoms with Gasteiger partial charge in [0.1, 0.15) is 0 Å². The number of benzene rings is 2. The Morgan fingerprint density at radius 2 is 1.44 bits per heavy atom. The molecule has 182 valence electrons. The van der Waals surface area contributed by atoms with E-state index in [-0.39, 0.29) is 5.89 Å². The summed E-state index contributed by atoms with van der Waals surface area (Å²) in [6.45, 7) is 2.05. The zero-order valence-corrected chi connectivity index (χ0v) is 19.4. The van der Waals surface area contributed by atoms with Gasteiger partial charge in [-0.2, -0.15) is 13.6 Å². The van der Waals surface area contributed by atoms with Crippen LogP contribution < -0.4 is 0 Å². The van der Waals surface area contributed by atoms with Crippen molar-refractivity contribution in [1.82, 2.24) is 40.3 Å². The minimum Gasteiger partial charge on any atom is -0.415 e. The van der Waals surface area contributed by atoms with E-state index in [2.05, 4.69) is 54.7 Å². The molecule has 11 heteroatoms. The van der Waals surface area contributed by atoms with Crippen molar-refractivity contribution in [2.24, 2.45) is 0 Å². The maximum Gasteiger partial charge on any atom is 0.314 e. The maximum atomic E-state index is 12.6. The van der Waals surface area contributed by atoms with Gasteiger partial charge in [0.05, 0.1) is 6.54 Å². The van der Waals surface area contributed by atoms with Crippen LogP contribution in [0.4, 0.5) is 8.78 Å². The van der Waals surface area contributed by atoms with Crippen LogP contribution in [0.15, 0.2) is 77.5 Å². The van der Waals surface area contributed by atoms with Crippen molar-refractivity contribution in [1.29, 1.82) is 0 Å². The molecule has 2 aromatic carbocycles. The van der Waals surface area contributed by atoms with Gasteiger partial charge in [-0.3, -0.25) is 9.88 Å². The third-order valence-corrected chi connectivity index (χ3v) is 5.47. The van der Waals surface area contributed by atoms with E-state index in [9.17, 15) is 8.78 Å². The summed E-state index contributed by atoms with van der Waals surface area (Å²) in [5, 5.41) is 19.8. The molecule has 9 nitrogen and oxygen atoms in total. The lowest BCUT2D eigenvalue weighted by atomic mass is 10.1. The molecule has 0 spiro atoms. The van der Waals surface area contributed by atoms with Gasteiger partial charge in [0, 0.05) is 36.6 Å². The molecule has 0 radical (unpaired) electrons. The number of nitrogens with zero attached hydrogens (tertiary/aromatic N) is 8. The van der Waals surface area contributed by atoms with Crippen LogP contribution in [0.5, 0.6) is 0 Å². The molecular formula is C25H22F2N8O. The smallest absolute Gasteiger partial charge is 0.314 e. The summed E-state index contributed by atoms with van der Waals surface area (Å²) in [5.74, 6) is -0.114. The Bertz CT molecular complexity index is 1400. The third-order valence-electron chi connectivity index (χ3n) is 5.47. The zero-order chi connectivity index (χ0) is 24.9. The van der Waals surface area contributed by atoms with Crippen LogP contribution in [0.25, 0.3) is 22.8 Å². The zero-order valence-electron chi connectivity index (χ0n) is 19.4. The largest absolute Gasteiger partial charge is 0.415 e. The Labute approximate surface area is 205 Å². The molecule has 0 bridgehead atoms. The second kappa shape index (κ2) is 10.5. The van der Waals surface area contributed by atoms with Gasteiger partial charge in [-0.05, 0) is 53.2 Å². The molecule has 3 heterocycles. The average molecular weight is 489 g/mol. The maximum absolute atomic E-state index is 12.6. The Morgan fingerprint density at radius 1 is 0.806 bits per heavy atom. The summed E-state index contributed by atoms with van der Waals surface area (Å²) < 4.78 is 30.3. The molecule has 0 unspecified atom stereocenters. The highest BCUT2D eigenvalue weighted by Gasteiger charge is 2.17. The van der Waals surface area contributed by atoms with Crippen LogP contribution in [0.2, 0.25) is 0 Å². The van der Waals surface area contributed by atoms with Gasteiger partial charge in [0.15, 0.2) is 0 Å². The summed E-state index contributed by atoms with van der Waals surface area (Å²) in [7, 11) is 2.08. The fourth-order valence-electron chi connectivity index (χ4n) is 3.71. The van der Waals surface area contributed by atoms with Crippen LogP contribution in [0, 0.1) is 0 Å². The van der Waals surface area contributed by atoms with Crippen molar-refractivity contribution >= 4 is 0 Å². The van der Waals surface area contributed by atoms with E-state index in [0.717, 1.165) is 24.2 Å². The molecule has 5 aromatic rings. The van der Waals surface area contributed by atoms with Crippen molar-refractivity contribution in [3.8, 4) is 22.8 Å². The fourth-order valence-corrected chi connectivity index (χ4v) is 3.71. The third kappa shape index (κ3) is 5.63. The standard InChI is InChI=1S/C25H22F2N8O/c1-34(15-19-10-12-28-13-11-19)14-17-2-6-20(7-3-17)23-29-33-35(32-23)16-18-4-8-21(9-5-18)24-30-31-25(36-24)22(26)27/h2-13,22H,14-16H2,1H3. The summed E-state index contributed by atoms with van der Waals surface area (Å²) in [4.78, 5) is 7.79. The minimum atomic E-state index is -2.80. The molecule has 0 aliphatic rings. The predicted octanol–water partition coefficient (Wildman–Crippen LogP) is 4.40. The molecule has 5 rings (SSSR count). The number of tetrazole rings is 1. The molecule has 0 saturated carbocycles. The second-order valence-corrected chi connectivity index (χ2v) is 8.31. The Kier molecular flexibility index (Phi) is 6.80. The number of rotatable bonds is 9. The Morgan fingerprint density at radius 3 is 2.11 bits per heavy atom. The normalized spacial score (nSPS) is 11.5. The van der Waals surface area contributed by atoms with Crippen LogP contribution in [-0.4, -0.2) is 47.3 Å². The van der Waals surface area contributed by atoms with Gasteiger partial charge in [-0.1, -0.05) is 36.4 Å². The van der Waals surface area contributed by atoms with Crippen molar-refractivity contribution < 1.29 is 13.2 Å². The summed E-state index contributed by atoms with van der Waals surface area (Å²) in [6, 6.07) is 19.2. The molecule has 0 atom stereocenters. The number of hydrogen-bond acceptors (Lipinski definition) is 8. The Hall–Kier alpha value is -4.38. The van der Waals surface area contributed by atoms with Gasteiger partial charge in [-0.25, -0.2) is 0 Å². The molecule has 0 N–H and O–H groups in total. The first kappa shape index (κ1) is 23.4. The molecular weight excluding hydrogens is 466 g/mol.